The fraction of sp³-hybridized carbons (Fsp3) is 0.105. The minimum absolute atomic E-state index is 0.999. The lowest BCUT2D eigenvalue weighted by atomic mass is 10.1. The number of thiazole rings is 1. The van der Waals surface area contributed by atoms with Gasteiger partial charge in [0.05, 0.1) is 5.69 Å². The SMILES string of the molecule is Cc1cccc(I)c1Nc1c(-c2ccccc2I)nc2scc(C)n12. The van der Waals surface area contributed by atoms with Crippen molar-refractivity contribution in [1.29, 1.82) is 0 Å². The van der Waals surface area contributed by atoms with Crippen LogP contribution < -0.4 is 5.32 Å². The zero-order valence-electron chi connectivity index (χ0n) is 13.7. The molecule has 0 radical (unpaired) electrons. The zero-order valence-corrected chi connectivity index (χ0v) is 18.8. The van der Waals surface area contributed by atoms with Gasteiger partial charge in [0.2, 0.25) is 0 Å². The smallest absolute Gasteiger partial charge is 0.196 e. The van der Waals surface area contributed by atoms with Gasteiger partial charge in [-0.2, -0.15) is 0 Å². The van der Waals surface area contributed by atoms with E-state index in [1.807, 2.05) is 0 Å². The maximum atomic E-state index is 4.93. The van der Waals surface area contributed by atoms with Gasteiger partial charge in [0.15, 0.2) is 4.96 Å². The lowest BCUT2D eigenvalue weighted by Crippen LogP contribution is -2.01. The molecular weight excluding hydrogens is 556 g/mol. The Morgan fingerprint density at radius 2 is 1.76 bits per heavy atom. The first-order valence-corrected chi connectivity index (χ1v) is 10.8. The summed E-state index contributed by atoms with van der Waals surface area (Å²) in [5, 5.41) is 5.83. The van der Waals surface area contributed by atoms with Crippen LogP contribution in [0.4, 0.5) is 11.5 Å². The van der Waals surface area contributed by atoms with E-state index >= 15 is 0 Å². The highest BCUT2D eigenvalue weighted by atomic mass is 127. The number of nitrogens with one attached hydrogen (secondary N) is 1. The van der Waals surface area contributed by atoms with Crippen molar-refractivity contribution in [3.05, 3.63) is 66.2 Å². The number of para-hydroxylation sites is 1. The third-order valence-corrected chi connectivity index (χ3v) is 6.91. The van der Waals surface area contributed by atoms with E-state index in [2.05, 4.69) is 117 Å². The Morgan fingerprint density at radius 3 is 2.52 bits per heavy atom. The van der Waals surface area contributed by atoms with Crippen LogP contribution in [0.3, 0.4) is 0 Å². The zero-order chi connectivity index (χ0) is 17.6. The number of aromatic nitrogens is 2. The van der Waals surface area contributed by atoms with E-state index in [1.165, 1.54) is 18.4 Å². The van der Waals surface area contributed by atoms with E-state index < -0.39 is 0 Å². The second kappa shape index (κ2) is 6.88. The Kier molecular flexibility index (Phi) is 4.76. The highest BCUT2D eigenvalue weighted by Gasteiger charge is 2.19. The van der Waals surface area contributed by atoms with Crippen molar-refractivity contribution in [3.63, 3.8) is 0 Å². The summed E-state index contributed by atoms with van der Waals surface area (Å²) in [5.74, 6) is 1.03. The second-order valence-corrected chi connectivity index (χ2v) is 9.00. The molecule has 0 amide bonds. The molecule has 0 atom stereocenters. The topological polar surface area (TPSA) is 29.3 Å². The monoisotopic (exact) mass is 571 g/mol. The van der Waals surface area contributed by atoms with E-state index in [0.717, 1.165) is 27.7 Å². The summed E-state index contributed by atoms with van der Waals surface area (Å²) in [5.41, 5.74) is 5.71. The Balaban J connectivity index is 1.97. The van der Waals surface area contributed by atoms with Crippen LogP contribution in [0, 0.1) is 21.0 Å². The molecule has 1 N–H and O–H groups in total. The molecule has 0 aliphatic heterocycles. The van der Waals surface area contributed by atoms with Crippen LogP contribution in [0.5, 0.6) is 0 Å². The lowest BCUT2D eigenvalue weighted by molar-refractivity contribution is 1.13. The van der Waals surface area contributed by atoms with Gasteiger partial charge in [0.1, 0.15) is 11.5 Å². The van der Waals surface area contributed by atoms with Crippen molar-refractivity contribution in [3.8, 4) is 11.3 Å². The molecule has 0 saturated carbocycles. The molecule has 3 nitrogen and oxygen atoms in total. The van der Waals surface area contributed by atoms with Gasteiger partial charge in [-0.1, -0.05) is 30.3 Å². The summed E-state index contributed by atoms with van der Waals surface area (Å²) in [6.45, 7) is 4.26. The van der Waals surface area contributed by atoms with E-state index in [0.29, 0.717) is 0 Å². The van der Waals surface area contributed by atoms with Crippen LogP contribution in [0.25, 0.3) is 16.2 Å². The number of imidazole rings is 1. The van der Waals surface area contributed by atoms with Gasteiger partial charge in [-0.05, 0) is 76.7 Å². The first-order valence-electron chi connectivity index (χ1n) is 7.80. The summed E-state index contributed by atoms with van der Waals surface area (Å²) in [6, 6.07) is 14.7. The van der Waals surface area contributed by atoms with Crippen LogP contribution in [0.2, 0.25) is 0 Å². The average molecular weight is 571 g/mol. The summed E-state index contributed by atoms with van der Waals surface area (Å²) in [6.07, 6.45) is 0. The molecule has 0 saturated heterocycles. The van der Waals surface area contributed by atoms with Crippen molar-refractivity contribution in [2.24, 2.45) is 0 Å². The van der Waals surface area contributed by atoms with Gasteiger partial charge in [0.25, 0.3) is 0 Å². The van der Waals surface area contributed by atoms with Crippen LogP contribution in [0.15, 0.2) is 47.8 Å². The van der Waals surface area contributed by atoms with Crippen LogP contribution >= 0.6 is 56.5 Å². The number of hydrogen-bond donors (Lipinski definition) is 1. The molecule has 0 aliphatic carbocycles. The van der Waals surface area contributed by atoms with E-state index in [1.54, 1.807) is 11.3 Å². The number of rotatable bonds is 3. The van der Waals surface area contributed by atoms with Gasteiger partial charge in [-0.25, -0.2) is 4.98 Å². The third-order valence-electron chi connectivity index (χ3n) is 4.13. The molecule has 0 aliphatic rings. The van der Waals surface area contributed by atoms with E-state index in [9.17, 15) is 0 Å². The molecule has 6 heteroatoms. The van der Waals surface area contributed by atoms with E-state index in [-0.39, 0.29) is 0 Å². The third kappa shape index (κ3) is 3.08. The molecule has 2 heterocycles. The molecule has 2 aromatic carbocycles. The van der Waals surface area contributed by atoms with Crippen molar-refractivity contribution < 1.29 is 0 Å². The molecule has 0 bridgehead atoms. The van der Waals surface area contributed by atoms with Crippen LogP contribution in [-0.2, 0) is 0 Å². The number of fused-ring (bicyclic) bond motifs is 1. The average Bonchev–Trinajstić information content (AvgIpc) is 3.12. The Morgan fingerprint density at radius 1 is 1.00 bits per heavy atom. The fourth-order valence-corrected chi connectivity index (χ4v) is 5.14. The number of halogens is 2. The van der Waals surface area contributed by atoms with E-state index in [4.69, 9.17) is 4.98 Å². The van der Waals surface area contributed by atoms with Crippen LogP contribution in [0.1, 0.15) is 11.3 Å². The van der Waals surface area contributed by atoms with Gasteiger partial charge in [-0.15, -0.1) is 11.3 Å². The number of benzene rings is 2. The van der Waals surface area contributed by atoms with Crippen molar-refractivity contribution in [2.75, 3.05) is 5.32 Å². The largest absolute Gasteiger partial charge is 0.338 e. The van der Waals surface area contributed by atoms with Crippen molar-refractivity contribution in [2.45, 2.75) is 13.8 Å². The first-order chi connectivity index (χ1) is 12.1. The Labute approximate surface area is 177 Å². The molecule has 0 fully saturated rings. The number of aryl methyl sites for hydroxylation is 2. The highest BCUT2D eigenvalue weighted by Crippen LogP contribution is 2.37. The van der Waals surface area contributed by atoms with Crippen molar-refractivity contribution in [1.82, 2.24) is 9.38 Å². The summed E-state index contributed by atoms with van der Waals surface area (Å²) in [4.78, 5) is 5.94. The number of hydrogen-bond acceptors (Lipinski definition) is 3. The first kappa shape index (κ1) is 17.3. The molecule has 4 aromatic rings. The number of anilines is 2. The minimum atomic E-state index is 0.999. The second-order valence-electron chi connectivity index (χ2n) is 5.84. The lowest BCUT2D eigenvalue weighted by Gasteiger charge is -2.14. The Hall–Kier alpha value is -1.13. The normalized spacial score (nSPS) is 11.2. The molecule has 0 spiro atoms. The molecule has 25 heavy (non-hydrogen) atoms. The quantitative estimate of drug-likeness (QED) is 0.280. The fourth-order valence-electron chi connectivity index (χ4n) is 2.86. The van der Waals surface area contributed by atoms with Gasteiger partial charge in [0, 0.05) is 23.8 Å². The molecule has 126 valence electrons. The predicted octanol–water partition coefficient (Wildman–Crippen LogP) is 6.63. The summed E-state index contributed by atoms with van der Waals surface area (Å²) in [7, 11) is 0. The highest BCUT2D eigenvalue weighted by molar-refractivity contribution is 14.1. The van der Waals surface area contributed by atoms with Gasteiger partial charge >= 0.3 is 0 Å². The van der Waals surface area contributed by atoms with Crippen molar-refractivity contribution >= 4 is 73.0 Å². The predicted molar refractivity (Wildman–Crippen MR) is 123 cm³/mol. The summed E-state index contributed by atoms with van der Waals surface area (Å²) >= 11 is 6.44. The maximum absolute atomic E-state index is 4.93. The standard InChI is InChI=1S/C19H15I2N3S/c1-11-6-5-9-15(21)16(11)22-18-17(13-7-3-4-8-14(13)20)23-19-24(18)12(2)10-25-19/h3-10,22H,1-2H3. The minimum Gasteiger partial charge on any atom is -0.338 e. The van der Waals surface area contributed by atoms with Crippen LogP contribution in [-0.4, -0.2) is 9.38 Å². The maximum Gasteiger partial charge on any atom is 0.196 e. The van der Waals surface area contributed by atoms with Gasteiger partial charge < -0.3 is 5.32 Å². The summed E-state index contributed by atoms with van der Waals surface area (Å²) < 4.78 is 4.62. The molecule has 2 aromatic heterocycles. The number of nitrogens with zero attached hydrogens (tertiary/aromatic N) is 2. The molecule has 4 rings (SSSR count). The Bertz CT molecular complexity index is 1060. The molecular formula is C19H15I2N3S. The molecule has 0 unspecified atom stereocenters. The van der Waals surface area contributed by atoms with Gasteiger partial charge in [-0.3, -0.25) is 4.40 Å².